The Morgan fingerprint density at radius 1 is 1.16 bits per heavy atom. The molecule has 2 N–H and O–H groups in total. The van der Waals surface area contributed by atoms with E-state index in [1.807, 2.05) is 37.3 Å². The van der Waals surface area contributed by atoms with Crippen LogP contribution in [0.25, 0.3) is 0 Å². The summed E-state index contributed by atoms with van der Waals surface area (Å²) in [7, 11) is 0. The van der Waals surface area contributed by atoms with Gasteiger partial charge in [-0.05, 0) is 49.9 Å². The van der Waals surface area contributed by atoms with E-state index in [1.54, 1.807) is 13.0 Å². The molecular formula is C20H23NO4. The molecule has 2 aromatic carbocycles. The second kappa shape index (κ2) is 8.87. The zero-order valence-electron chi connectivity index (χ0n) is 14.5. The van der Waals surface area contributed by atoms with E-state index in [4.69, 9.17) is 4.74 Å². The number of aromatic hydroxyl groups is 1. The Labute approximate surface area is 147 Å². The Balaban J connectivity index is 1.75. The third-order valence-corrected chi connectivity index (χ3v) is 3.82. The number of phenolic OH excluding ortho intramolecular Hbond substituents is 1. The Bertz CT molecular complexity index is 728. The van der Waals surface area contributed by atoms with Crippen LogP contribution in [-0.2, 0) is 16.0 Å². The van der Waals surface area contributed by atoms with Crippen molar-refractivity contribution in [2.45, 2.75) is 32.7 Å². The van der Waals surface area contributed by atoms with E-state index >= 15 is 0 Å². The molecule has 2 rings (SSSR count). The van der Waals surface area contributed by atoms with Crippen LogP contribution in [0.4, 0.5) is 0 Å². The number of hydrogen-bond donors (Lipinski definition) is 2. The molecule has 0 aliphatic rings. The quantitative estimate of drug-likeness (QED) is 0.759. The van der Waals surface area contributed by atoms with Crippen molar-refractivity contribution in [1.82, 2.24) is 5.32 Å². The number of phenols is 1. The van der Waals surface area contributed by atoms with Gasteiger partial charge in [0.25, 0.3) is 5.91 Å². The van der Waals surface area contributed by atoms with Crippen LogP contribution in [0.3, 0.4) is 0 Å². The summed E-state index contributed by atoms with van der Waals surface area (Å²) in [6.45, 7) is 3.34. The number of rotatable bonds is 7. The molecule has 0 heterocycles. The second-order valence-electron chi connectivity index (χ2n) is 6.09. The molecule has 25 heavy (non-hydrogen) atoms. The summed E-state index contributed by atoms with van der Waals surface area (Å²) in [4.78, 5) is 23.8. The SMILES string of the molecule is Cc1ccc(C(=O)OCC(=O)N[C@@H](C)CCc2ccccc2)c(O)c1. The molecule has 0 aromatic heterocycles. The van der Waals surface area contributed by atoms with Crippen LogP contribution in [0.2, 0.25) is 0 Å². The molecule has 5 heteroatoms. The Hall–Kier alpha value is -2.82. The van der Waals surface area contributed by atoms with Crippen molar-refractivity contribution < 1.29 is 19.4 Å². The summed E-state index contributed by atoms with van der Waals surface area (Å²) in [5.41, 5.74) is 2.10. The number of benzene rings is 2. The topological polar surface area (TPSA) is 75.6 Å². The zero-order chi connectivity index (χ0) is 18.2. The number of hydrogen-bond acceptors (Lipinski definition) is 4. The minimum absolute atomic E-state index is 0.0285. The molecule has 0 aliphatic carbocycles. The van der Waals surface area contributed by atoms with Crippen LogP contribution in [0, 0.1) is 6.92 Å². The number of carbonyl (C=O) groups excluding carboxylic acids is 2. The van der Waals surface area contributed by atoms with Crippen LogP contribution in [0.5, 0.6) is 5.75 Å². The lowest BCUT2D eigenvalue weighted by Gasteiger charge is -2.14. The monoisotopic (exact) mass is 341 g/mol. The third kappa shape index (κ3) is 5.95. The van der Waals surface area contributed by atoms with Gasteiger partial charge in [0.2, 0.25) is 0 Å². The maximum absolute atomic E-state index is 11.9. The normalized spacial score (nSPS) is 11.6. The molecule has 0 radical (unpaired) electrons. The molecule has 2 aromatic rings. The first-order chi connectivity index (χ1) is 12.0. The molecule has 0 aliphatic heterocycles. The van der Waals surface area contributed by atoms with Gasteiger partial charge in [-0.2, -0.15) is 0 Å². The van der Waals surface area contributed by atoms with Gasteiger partial charge in [0.05, 0.1) is 0 Å². The Morgan fingerprint density at radius 2 is 1.88 bits per heavy atom. The van der Waals surface area contributed by atoms with Gasteiger partial charge in [-0.15, -0.1) is 0 Å². The maximum atomic E-state index is 11.9. The van der Waals surface area contributed by atoms with Crippen molar-refractivity contribution in [3.63, 3.8) is 0 Å². The molecule has 0 saturated carbocycles. The van der Waals surface area contributed by atoms with Crippen LogP contribution >= 0.6 is 0 Å². The smallest absolute Gasteiger partial charge is 0.342 e. The van der Waals surface area contributed by atoms with Crippen LogP contribution in [0.15, 0.2) is 48.5 Å². The van der Waals surface area contributed by atoms with E-state index in [0.717, 1.165) is 18.4 Å². The van der Waals surface area contributed by atoms with Crippen LogP contribution < -0.4 is 5.32 Å². The van der Waals surface area contributed by atoms with Gasteiger partial charge in [0.1, 0.15) is 11.3 Å². The average Bonchev–Trinajstić information content (AvgIpc) is 2.59. The third-order valence-electron chi connectivity index (χ3n) is 3.82. The first-order valence-electron chi connectivity index (χ1n) is 8.25. The molecule has 0 saturated heterocycles. The summed E-state index contributed by atoms with van der Waals surface area (Å²) in [6, 6.07) is 14.7. The molecule has 132 valence electrons. The molecule has 0 bridgehead atoms. The summed E-state index contributed by atoms with van der Waals surface area (Å²) < 4.78 is 4.96. The fourth-order valence-electron chi connectivity index (χ4n) is 2.44. The van der Waals surface area contributed by atoms with Gasteiger partial charge in [-0.25, -0.2) is 4.79 Å². The number of ether oxygens (including phenoxy) is 1. The number of amides is 1. The zero-order valence-corrected chi connectivity index (χ0v) is 14.5. The van der Waals surface area contributed by atoms with Gasteiger partial charge in [-0.1, -0.05) is 36.4 Å². The fourth-order valence-corrected chi connectivity index (χ4v) is 2.44. The standard InChI is InChI=1S/C20H23NO4/c1-14-8-11-17(18(22)12-14)20(24)25-13-19(23)21-15(2)9-10-16-6-4-3-5-7-16/h3-8,11-12,15,22H,9-10,13H2,1-2H3,(H,21,23)/t15-/m0/s1. The van der Waals surface area contributed by atoms with Crippen LogP contribution in [0.1, 0.15) is 34.8 Å². The summed E-state index contributed by atoms with van der Waals surface area (Å²) in [6.07, 6.45) is 1.65. The van der Waals surface area contributed by atoms with E-state index in [1.165, 1.54) is 17.7 Å². The lowest BCUT2D eigenvalue weighted by atomic mass is 10.1. The predicted octanol–water partition coefficient (Wildman–Crippen LogP) is 2.99. The summed E-state index contributed by atoms with van der Waals surface area (Å²) in [5, 5.41) is 12.6. The average molecular weight is 341 g/mol. The van der Waals surface area contributed by atoms with Gasteiger partial charge in [0.15, 0.2) is 6.61 Å². The van der Waals surface area contributed by atoms with Crippen molar-refractivity contribution in [2.75, 3.05) is 6.61 Å². The first kappa shape index (κ1) is 18.5. The van der Waals surface area contributed by atoms with E-state index in [-0.39, 0.29) is 29.9 Å². The summed E-state index contributed by atoms with van der Waals surface area (Å²) >= 11 is 0. The highest BCUT2D eigenvalue weighted by Gasteiger charge is 2.15. The van der Waals surface area contributed by atoms with E-state index in [9.17, 15) is 14.7 Å². The molecule has 1 amide bonds. The van der Waals surface area contributed by atoms with Gasteiger partial charge >= 0.3 is 5.97 Å². The van der Waals surface area contributed by atoms with E-state index in [2.05, 4.69) is 5.32 Å². The lowest BCUT2D eigenvalue weighted by Crippen LogP contribution is -2.36. The second-order valence-corrected chi connectivity index (χ2v) is 6.09. The van der Waals surface area contributed by atoms with Gasteiger partial charge in [-0.3, -0.25) is 4.79 Å². The van der Waals surface area contributed by atoms with Crippen molar-refractivity contribution in [2.24, 2.45) is 0 Å². The molecule has 1 atom stereocenters. The number of nitrogens with one attached hydrogen (secondary N) is 1. The summed E-state index contributed by atoms with van der Waals surface area (Å²) in [5.74, 6) is -1.23. The van der Waals surface area contributed by atoms with Crippen molar-refractivity contribution in [3.05, 3.63) is 65.2 Å². The van der Waals surface area contributed by atoms with Gasteiger partial charge in [0, 0.05) is 6.04 Å². The molecule has 0 unspecified atom stereocenters. The van der Waals surface area contributed by atoms with E-state index in [0.29, 0.717) is 0 Å². The number of esters is 1. The fraction of sp³-hybridized carbons (Fsp3) is 0.300. The van der Waals surface area contributed by atoms with E-state index < -0.39 is 5.97 Å². The van der Waals surface area contributed by atoms with Crippen molar-refractivity contribution in [3.8, 4) is 5.75 Å². The Morgan fingerprint density at radius 3 is 2.56 bits per heavy atom. The van der Waals surface area contributed by atoms with Crippen molar-refractivity contribution in [1.29, 1.82) is 0 Å². The minimum atomic E-state index is -0.718. The highest BCUT2D eigenvalue weighted by molar-refractivity contribution is 5.93. The molecule has 0 spiro atoms. The lowest BCUT2D eigenvalue weighted by molar-refractivity contribution is -0.124. The molecular weight excluding hydrogens is 318 g/mol. The maximum Gasteiger partial charge on any atom is 0.342 e. The van der Waals surface area contributed by atoms with Crippen molar-refractivity contribution >= 4 is 11.9 Å². The largest absolute Gasteiger partial charge is 0.507 e. The minimum Gasteiger partial charge on any atom is -0.507 e. The highest BCUT2D eigenvalue weighted by atomic mass is 16.5. The Kier molecular flexibility index (Phi) is 6.57. The molecule has 0 fully saturated rings. The number of aryl methyl sites for hydroxylation is 2. The first-order valence-corrected chi connectivity index (χ1v) is 8.25. The van der Waals surface area contributed by atoms with Crippen LogP contribution in [-0.4, -0.2) is 29.6 Å². The highest BCUT2D eigenvalue weighted by Crippen LogP contribution is 2.19. The number of carbonyl (C=O) groups is 2. The predicted molar refractivity (Wildman–Crippen MR) is 95.5 cm³/mol. The van der Waals surface area contributed by atoms with Gasteiger partial charge < -0.3 is 15.2 Å². The molecule has 5 nitrogen and oxygen atoms in total.